The zero-order valence-corrected chi connectivity index (χ0v) is 16.1. The average Bonchev–Trinajstić information content (AvgIpc) is 3.01. The minimum Gasteiger partial charge on any atom is -0.274 e. The molecule has 0 spiro atoms. The number of hydrogen-bond acceptors (Lipinski definition) is 2. The highest BCUT2D eigenvalue weighted by molar-refractivity contribution is 6.21. The van der Waals surface area contributed by atoms with Crippen LogP contribution in [-0.2, 0) is 6.42 Å². The molecule has 4 aromatic carbocycles. The van der Waals surface area contributed by atoms with Gasteiger partial charge in [0.05, 0.1) is 11.1 Å². The summed E-state index contributed by atoms with van der Waals surface area (Å²) in [4.78, 5) is 26.4. The first-order chi connectivity index (χ1) is 14.2. The molecule has 0 saturated heterocycles. The van der Waals surface area contributed by atoms with Gasteiger partial charge in [-0.1, -0.05) is 66.7 Å². The van der Waals surface area contributed by atoms with Crippen LogP contribution in [0.2, 0.25) is 0 Å². The van der Waals surface area contributed by atoms with E-state index in [-0.39, 0.29) is 11.8 Å². The molecule has 4 aromatic rings. The first kappa shape index (κ1) is 17.6. The molecule has 3 nitrogen and oxygen atoms in total. The van der Waals surface area contributed by atoms with Crippen LogP contribution in [-0.4, -0.2) is 23.3 Å². The molecule has 1 aliphatic heterocycles. The summed E-state index contributed by atoms with van der Waals surface area (Å²) in [7, 11) is 0. The maximum Gasteiger partial charge on any atom is 0.261 e. The van der Waals surface area contributed by atoms with Gasteiger partial charge in [0.2, 0.25) is 0 Å². The van der Waals surface area contributed by atoms with Crippen molar-refractivity contribution >= 4 is 33.4 Å². The highest BCUT2D eigenvalue weighted by Crippen LogP contribution is 2.30. The van der Waals surface area contributed by atoms with Gasteiger partial charge in [-0.2, -0.15) is 0 Å². The molecule has 0 saturated carbocycles. The van der Waals surface area contributed by atoms with Crippen molar-refractivity contribution in [3.05, 3.63) is 95.6 Å². The Morgan fingerprint density at radius 3 is 1.93 bits per heavy atom. The van der Waals surface area contributed by atoms with E-state index in [0.29, 0.717) is 17.7 Å². The summed E-state index contributed by atoms with van der Waals surface area (Å²) in [6.45, 7) is 0.470. The van der Waals surface area contributed by atoms with Crippen LogP contribution in [0.25, 0.3) is 21.5 Å². The molecular formula is C26H21NO2. The molecule has 1 aliphatic rings. The maximum absolute atomic E-state index is 12.5. The van der Waals surface area contributed by atoms with Crippen LogP contribution in [0.15, 0.2) is 78.9 Å². The van der Waals surface area contributed by atoms with Gasteiger partial charge in [0.15, 0.2) is 0 Å². The van der Waals surface area contributed by atoms with E-state index in [4.69, 9.17) is 0 Å². The molecule has 0 aliphatic carbocycles. The van der Waals surface area contributed by atoms with Gasteiger partial charge >= 0.3 is 0 Å². The summed E-state index contributed by atoms with van der Waals surface area (Å²) in [5.41, 5.74) is 2.37. The molecule has 5 rings (SSSR count). The van der Waals surface area contributed by atoms with Gasteiger partial charge in [-0.3, -0.25) is 14.5 Å². The second-order valence-corrected chi connectivity index (χ2v) is 7.57. The van der Waals surface area contributed by atoms with Crippen LogP contribution < -0.4 is 0 Å². The van der Waals surface area contributed by atoms with Gasteiger partial charge in [0.1, 0.15) is 0 Å². The van der Waals surface area contributed by atoms with Crippen molar-refractivity contribution in [3.63, 3.8) is 0 Å². The van der Waals surface area contributed by atoms with Gasteiger partial charge in [0.25, 0.3) is 11.8 Å². The third-order valence-corrected chi connectivity index (χ3v) is 5.81. The Balaban J connectivity index is 1.32. The first-order valence-electron chi connectivity index (χ1n) is 10.1. The number of benzene rings is 4. The molecule has 2 amide bonds. The predicted octanol–water partition coefficient (Wildman–Crippen LogP) is 5.61. The Bertz CT molecular complexity index is 1220. The molecule has 142 valence electrons. The second kappa shape index (κ2) is 7.17. The van der Waals surface area contributed by atoms with E-state index in [0.717, 1.165) is 19.3 Å². The Morgan fingerprint density at radius 2 is 1.21 bits per heavy atom. The minimum absolute atomic E-state index is 0.165. The van der Waals surface area contributed by atoms with Crippen LogP contribution in [0, 0.1) is 0 Å². The monoisotopic (exact) mass is 379 g/mol. The number of carbonyl (C=O) groups is 2. The average molecular weight is 379 g/mol. The highest BCUT2D eigenvalue weighted by Gasteiger charge is 2.34. The van der Waals surface area contributed by atoms with E-state index in [9.17, 15) is 9.59 Å². The molecule has 0 aromatic heterocycles. The lowest BCUT2D eigenvalue weighted by Gasteiger charge is -2.14. The van der Waals surface area contributed by atoms with Crippen LogP contribution >= 0.6 is 0 Å². The second-order valence-electron chi connectivity index (χ2n) is 7.57. The maximum atomic E-state index is 12.5. The van der Waals surface area contributed by atoms with Crippen molar-refractivity contribution in [2.24, 2.45) is 0 Å². The number of unbranched alkanes of at least 4 members (excludes halogenated alkanes) is 1. The summed E-state index contributed by atoms with van der Waals surface area (Å²) in [6, 6.07) is 26.4. The SMILES string of the molecule is O=C1c2ccccc2C(=O)N1CCCCc1cc2ccccc2c2ccccc12. The normalized spacial score (nSPS) is 13.4. The Morgan fingerprint density at radius 1 is 0.621 bits per heavy atom. The van der Waals surface area contributed by atoms with Crippen molar-refractivity contribution in [3.8, 4) is 0 Å². The van der Waals surface area contributed by atoms with E-state index in [1.165, 1.54) is 32.0 Å². The van der Waals surface area contributed by atoms with E-state index in [1.54, 1.807) is 24.3 Å². The van der Waals surface area contributed by atoms with Gasteiger partial charge in [-0.15, -0.1) is 0 Å². The number of rotatable bonds is 5. The predicted molar refractivity (Wildman–Crippen MR) is 116 cm³/mol. The Labute approximate surface area is 169 Å². The summed E-state index contributed by atoms with van der Waals surface area (Å²) in [5, 5.41) is 5.09. The van der Waals surface area contributed by atoms with Gasteiger partial charge in [-0.05, 0) is 58.5 Å². The molecule has 3 heteroatoms. The molecule has 29 heavy (non-hydrogen) atoms. The number of fused-ring (bicyclic) bond motifs is 4. The summed E-state index contributed by atoms with van der Waals surface area (Å²) in [6.07, 6.45) is 2.65. The quantitative estimate of drug-likeness (QED) is 0.257. The largest absolute Gasteiger partial charge is 0.274 e. The molecule has 0 atom stereocenters. The smallest absolute Gasteiger partial charge is 0.261 e. The number of imide groups is 1. The molecule has 0 bridgehead atoms. The van der Waals surface area contributed by atoms with Crippen molar-refractivity contribution in [1.29, 1.82) is 0 Å². The molecule has 0 radical (unpaired) electrons. The Kier molecular flexibility index (Phi) is 4.36. The fourth-order valence-corrected chi connectivity index (χ4v) is 4.37. The first-order valence-corrected chi connectivity index (χ1v) is 10.1. The lowest BCUT2D eigenvalue weighted by atomic mass is 9.94. The summed E-state index contributed by atoms with van der Waals surface area (Å²) < 4.78 is 0. The van der Waals surface area contributed by atoms with Crippen molar-refractivity contribution in [2.45, 2.75) is 19.3 Å². The molecular weight excluding hydrogens is 358 g/mol. The van der Waals surface area contributed by atoms with Crippen molar-refractivity contribution < 1.29 is 9.59 Å². The van der Waals surface area contributed by atoms with E-state index < -0.39 is 0 Å². The topological polar surface area (TPSA) is 37.4 Å². The van der Waals surface area contributed by atoms with Gasteiger partial charge in [0, 0.05) is 6.54 Å². The van der Waals surface area contributed by atoms with Crippen LogP contribution in [0.1, 0.15) is 39.1 Å². The minimum atomic E-state index is -0.165. The lowest BCUT2D eigenvalue weighted by Crippen LogP contribution is -2.30. The van der Waals surface area contributed by atoms with Gasteiger partial charge in [-0.25, -0.2) is 0 Å². The zero-order chi connectivity index (χ0) is 19.8. The van der Waals surface area contributed by atoms with E-state index in [1.807, 2.05) is 0 Å². The van der Waals surface area contributed by atoms with Crippen LogP contribution in [0.3, 0.4) is 0 Å². The van der Waals surface area contributed by atoms with Crippen molar-refractivity contribution in [2.75, 3.05) is 6.54 Å². The van der Waals surface area contributed by atoms with Crippen LogP contribution in [0.5, 0.6) is 0 Å². The number of amides is 2. The molecule has 0 N–H and O–H groups in total. The number of hydrogen-bond donors (Lipinski definition) is 0. The number of aryl methyl sites for hydroxylation is 1. The highest BCUT2D eigenvalue weighted by atomic mass is 16.2. The standard InChI is InChI=1S/C26H21NO2/c28-25-23-14-5-6-15-24(23)26(29)27(25)16-8-7-10-19-17-18-9-1-2-11-20(18)22-13-4-3-12-21(19)22/h1-6,9,11-15,17H,7-8,10,16H2. The zero-order valence-electron chi connectivity index (χ0n) is 16.1. The number of carbonyl (C=O) groups excluding carboxylic acids is 2. The van der Waals surface area contributed by atoms with E-state index >= 15 is 0 Å². The third kappa shape index (κ3) is 2.99. The Hall–Kier alpha value is -3.46. The van der Waals surface area contributed by atoms with Gasteiger partial charge < -0.3 is 0 Å². The third-order valence-electron chi connectivity index (χ3n) is 5.81. The molecule has 0 unspecified atom stereocenters. The lowest BCUT2D eigenvalue weighted by molar-refractivity contribution is 0.0652. The summed E-state index contributed by atoms with van der Waals surface area (Å²) >= 11 is 0. The summed E-state index contributed by atoms with van der Waals surface area (Å²) in [5.74, 6) is -0.330. The molecule has 0 fully saturated rings. The van der Waals surface area contributed by atoms with E-state index in [2.05, 4.69) is 54.6 Å². The molecule has 1 heterocycles. The fraction of sp³-hybridized carbons (Fsp3) is 0.154. The van der Waals surface area contributed by atoms with Crippen molar-refractivity contribution in [1.82, 2.24) is 4.90 Å². The van der Waals surface area contributed by atoms with Crippen LogP contribution in [0.4, 0.5) is 0 Å². The number of nitrogens with zero attached hydrogens (tertiary/aromatic N) is 1. The fourth-order valence-electron chi connectivity index (χ4n) is 4.37.